The molecule has 0 unspecified atom stereocenters. The van der Waals surface area contributed by atoms with Gasteiger partial charge in [0.15, 0.2) is 0 Å². The molecule has 1 rings (SSSR count). The fraction of sp³-hybridized carbons (Fsp3) is 0.200. The van der Waals surface area contributed by atoms with Crippen molar-refractivity contribution >= 4 is 11.6 Å². The maximum absolute atomic E-state index is 9.84. The van der Waals surface area contributed by atoms with Crippen molar-refractivity contribution in [1.82, 2.24) is 0 Å². The lowest BCUT2D eigenvalue weighted by Gasteiger charge is -2.02. The van der Waals surface area contributed by atoms with Crippen LogP contribution in [0.15, 0.2) is 30.3 Å². The molecule has 0 saturated carbocycles. The van der Waals surface area contributed by atoms with Crippen molar-refractivity contribution in [3.05, 3.63) is 35.9 Å². The Hall–Kier alpha value is -1.53. The van der Waals surface area contributed by atoms with Gasteiger partial charge in [-0.3, -0.25) is 0 Å². The summed E-state index contributed by atoms with van der Waals surface area (Å²) >= 11 is 0. The minimum atomic E-state index is 0.535. The van der Waals surface area contributed by atoms with Gasteiger partial charge in [-0.15, -0.1) is 0 Å². The molecule has 0 aliphatic rings. The Morgan fingerprint density at radius 3 is 3.08 bits per heavy atom. The van der Waals surface area contributed by atoms with Crippen LogP contribution in [0, 0.1) is 6.92 Å². The molecule has 12 heavy (non-hydrogen) atoms. The molecule has 1 N–H and O–H groups in total. The smallest absolute Gasteiger partial charge is 0.121 e. The van der Waals surface area contributed by atoms with Crippen molar-refractivity contribution < 1.29 is 4.79 Å². The van der Waals surface area contributed by atoms with E-state index in [9.17, 15) is 4.79 Å². The lowest BCUT2D eigenvalue weighted by atomic mass is 10.2. The second-order valence-electron chi connectivity index (χ2n) is 2.57. The summed E-state index contributed by atoms with van der Waals surface area (Å²) < 4.78 is 0. The summed E-state index contributed by atoms with van der Waals surface area (Å²) in [5.74, 6) is 1.72. The summed E-state index contributed by atoms with van der Waals surface area (Å²) in [6.07, 6.45) is 1.42. The van der Waals surface area contributed by atoms with Gasteiger partial charge in [0.05, 0.1) is 0 Å². The van der Waals surface area contributed by atoms with E-state index in [1.807, 2.05) is 31.2 Å². The van der Waals surface area contributed by atoms with Crippen LogP contribution in [0.4, 0.5) is 5.69 Å². The molecule has 0 heterocycles. The molecular formula is C10H11NO. The third-order valence-corrected chi connectivity index (χ3v) is 1.51. The number of benzene rings is 1. The largest absolute Gasteiger partial charge is 0.381 e. The summed E-state index contributed by atoms with van der Waals surface area (Å²) in [6.45, 7) is 2.56. The third-order valence-electron chi connectivity index (χ3n) is 1.51. The van der Waals surface area contributed by atoms with E-state index in [2.05, 4.69) is 5.32 Å². The van der Waals surface area contributed by atoms with Gasteiger partial charge in [-0.1, -0.05) is 12.1 Å². The normalized spacial score (nSPS) is 8.75. The van der Waals surface area contributed by atoms with E-state index < -0.39 is 0 Å². The van der Waals surface area contributed by atoms with Gasteiger partial charge in [0, 0.05) is 18.3 Å². The van der Waals surface area contributed by atoms with Crippen LogP contribution in [0.1, 0.15) is 5.56 Å². The van der Waals surface area contributed by atoms with Gasteiger partial charge in [0.1, 0.15) is 5.94 Å². The first kappa shape index (κ1) is 8.57. The molecule has 0 bridgehead atoms. The fourth-order valence-electron chi connectivity index (χ4n) is 0.966. The highest BCUT2D eigenvalue weighted by Gasteiger charge is 1.88. The van der Waals surface area contributed by atoms with Crippen molar-refractivity contribution in [2.45, 2.75) is 6.92 Å². The number of rotatable bonds is 3. The van der Waals surface area contributed by atoms with E-state index in [-0.39, 0.29) is 0 Å². The molecule has 0 aliphatic heterocycles. The zero-order chi connectivity index (χ0) is 8.81. The molecule has 2 heteroatoms. The highest BCUT2D eigenvalue weighted by Crippen LogP contribution is 2.08. The second-order valence-corrected chi connectivity index (χ2v) is 2.57. The summed E-state index contributed by atoms with van der Waals surface area (Å²) in [4.78, 5) is 9.84. The molecule has 0 amide bonds. The standard InChI is InChI=1S/C10H11NO/c1-9-4-2-5-10(8-9)11-6-3-7-12/h2-5,8,11H,6H2,1H3. The monoisotopic (exact) mass is 161 g/mol. The van der Waals surface area contributed by atoms with Crippen molar-refractivity contribution in [2.24, 2.45) is 0 Å². The van der Waals surface area contributed by atoms with Crippen molar-refractivity contribution in [2.75, 3.05) is 11.9 Å². The van der Waals surface area contributed by atoms with Gasteiger partial charge in [0.2, 0.25) is 0 Å². The molecular weight excluding hydrogens is 150 g/mol. The van der Waals surface area contributed by atoms with Gasteiger partial charge in [-0.25, -0.2) is 4.79 Å². The Labute approximate surface area is 71.9 Å². The van der Waals surface area contributed by atoms with Crippen LogP contribution < -0.4 is 5.32 Å². The summed E-state index contributed by atoms with van der Waals surface area (Å²) in [7, 11) is 0. The van der Waals surface area contributed by atoms with E-state index in [0.717, 1.165) is 5.69 Å². The molecule has 0 radical (unpaired) electrons. The number of aryl methyl sites for hydroxylation is 1. The molecule has 0 saturated heterocycles. The lowest BCUT2D eigenvalue weighted by molar-refractivity contribution is 0.568. The quantitative estimate of drug-likeness (QED) is 0.685. The van der Waals surface area contributed by atoms with Gasteiger partial charge in [0.25, 0.3) is 0 Å². The van der Waals surface area contributed by atoms with Crippen LogP contribution in [0.5, 0.6) is 0 Å². The van der Waals surface area contributed by atoms with Crippen molar-refractivity contribution in [3.63, 3.8) is 0 Å². The number of nitrogens with one attached hydrogen (secondary N) is 1. The predicted octanol–water partition coefficient (Wildman–Crippen LogP) is 1.79. The average Bonchev–Trinajstić information content (AvgIpc) is 2.05. The summed E-state index contributed by atoms with van der Waals surface area (Å²) in [5, 5.41) is 3.07. The minimum absolute atomic E-state index is 0.535. The van der Waals surface area contributed by atoms with Gasteiger partial charge < -0.3 is 5.32 Å². The SMILES string of the molecule is Cc1cccc(NCC=C=O)c1. The Morgan fingerprint density at radius 1 is 1.58 bits per heavy atom. The predicted molar refractivity (Wildman–Crippen MR) is 49.9 cm³/mol. The average molecular weight is 161 g/mol. The molecule has 0 fully saturated rings. The number of anilines is 1. The Bertz CT molecular complexity index is 300. The summed E-state index contributed by atoms with van der Waals surface area (Å²) in [6, 6.07) is 7.99. The maximum atomic E-state index is 9.84. The maximum Gasteiger partial charge on any atom is 0.121 e. The lowest BCUT2D eigenvalue weighted by Crippen LogP contribution is -1.97. The van der Waals surface area contributed by atoms with Gasteiger partial charge in [-0.05, 0) is 24.6 Å². The zero-order valence-corrected chi connectivity index (χ0v) is 7.00. The van der Waals surface area contributed by atoms with E-state index in [1.54, 1.807) is 5.94 Å². The molecule has 0 atom stereocenters. The first-order valence-electron chi connectivity index (χ1n) is 3.83. The number of hydrogen-bond donors (Lipinski definition) is 1. The van der Waals surface area contributed by atoms with Crippen LogP contribution in [0.25, 0.3) is 0 Å². The highest BCUT2D eigenvalue weighted by molar-refractivity contribution is 5.50. The molecule has 1 aromatic carbocycles. The van der Waals surface area contributed by atoms with Crippen LogP contribution in [0.3, 0.4) is 0 Å². The fourth-order valence-corrected chi connectivity index (χ4v) is 0.966. The van der Waals surface area contributed by atoms with Crippen molar-refractivity contribution in [3.8, 4) is 0 Å². The first-order chi connectivity index (χ1) is 5.83. The van der Waals surface area contributed by atoms with Crippen LogP contribution in [0.2, 0.25) is 0 Å². The molecule has 2 nitrogen and oxygen atoms in total. The van der Waals surface area contributed by atoms with Crippen molar-refractivity contribution in [1.29, 1.82) is 0 Å². The molecule has 1 aromatic rings. The van der Waals surface area contributed by atoms with Crippen LogP contribution in [-0.4, -0.2) is 12.5 Å². The molecule has 0 aromatic heterocycles. The van der Waals surface area contributed by atoms with Crippen LogP contribution >= 0.6 is 0 Å². The Kier molecular flexibility index (Phi) is 3.12. The Morgan fingerprint density at radius 2 is 2.42 bits per heavy atom. The second kappa shape index (κ2) is 4.37. The number of hydrogen-bond acceptors (Lipinski definition) is 2. The van der Waals surface area contributed by atoms with E-state index in [4.69, 9.17) is 0 Å². The first-order valence-corrected chi connectivity index (χ1v) is 3.83. The Balaban J connectivity index is 2.57. The minimum Gasteiger partial charge on any atom is -0.381 e. The zero-order valence-electron chi connectivity index (χ0n) is 7.00. The highest BCUT2D eigenvalue weighted by atomic mass is 16.1. The van der Waals surface area contributed by atoms with Gasteiger partial charge >= 0.3 is 0 Å². The summed E-state index contributed by atoms with van der Waals surface area (Å²) in [5.41, 5.74) is 2.23. The van der Waals surface area contributed by atoms with Gasteiger partial charge in [-0.2, -0.15) is 0 Å². The topological polar surface area (TPSA) is 29.1 Å². The van der Waals surface area contributed by atoms with E-state index in [0.29, 0.717) is 6.54 Å². The molecule has 62 valence electrons. The molecule has 0 aliphatic carbocycles. The number of carbonyl (C=O) groups excluding carboxylic acids is 1. The van der Waals surface area contributed by atoms with E-state index >= 15 is 0 Å². The van der Waals surface area contributed by atoms with Crippen LogP contribution in [-0.2, 0) is 4.79 Å². The molecule has 0 spiro atoms. The van der Waals surface area contributed by atoms with E-state index in [1.165, 1.54) is 11.6 Å². The third kappa shape index (κ3) is 2.60.